The van der Waals surface area contributed by atoms with Gasteiger partial charge < -0.3 is 0 Å². The molecule has 1 aromatic rings. The third kappa shape index (κ3) is 1.02. The maximum atomic E-state index is 4.83. The lowest BCUT2D eigenvalue weighted by atomic mass is 10.3. The first kappa shape index (κ1) is 7.42. The van der Waals surface area contributed by atoms with Gasteiger partial charge in [-0.15, -0.1) is 0 Å². The minimum Gasteiger partial charge on any atom is -0.239 e. The van der Waals surface area contributed by atoms with E-state index in [1.165, 1.54) is 6.33 Å². The van der Waals surface area contributed by atoms with Gasteiger partial charge in [0.1, 0.15) is 11.7 Å². The van der Waals surface area contributed by atoms with E-state index >= 15 is 0 Å². The average Bonchev–Trinajstić information content (AvgIpc) is 2.44. The third-order valence-electron chi connectivity index (χ3n) is 1.62. The van der Waals surface area contributed by atoms with Crippen LogP contribution < -0.4 is 10.8 Å². The highest BCUT2D eigenvalue weighted by molar-refractivity contribution is 7.80. The molecule has 0 saturated heterocycles. The fourth-order valence-electron chi connectivity index (χ4n) is 1.07. The van der Waals surface area contributed by atoms with Crippen molar-refractivity contribution in [3.63, 3.8) is 0 Å². The normalized spacial score (nSPS) is 13.6. The summed E-state index contributed by atoms with van der Waals surface area (Å²) in [6.07, 6.45) is 2.32. The zero-order valence-electron chi connectivity index (χ0n) is 6.48. The van der Waals surface area contributed by atoms with Crippen LogP contribution in [-0.2, 0) is 6.42 Å². The summed E-state index contributed by atoms with van der Waals surface area (Å²) >= 11 is 4.83. The number of aromatic nitrogens is 2. The number of hydrogen-bond donors (Lipinski definition) is 0. The Hall–Kier alpha value is -1.23. The first-order valence-electron chi connectivity index (χ1n) is 3.62. The first-order chi connectivity index (χ1) is 5.81. The topological polar surface area (TPSA) is 50.5 Å². The van der Waals surface area contributed by atoms with Crippen molar-refractivity contribution in [2.24, 2.45) is 9.98 Å². The van der Waals surface area contributed by atoms with Gasteiger partial charge in [0.05, 0.1) is 5.69 Å². The van der Waals surface area contributed by atoms with Crippen molar-refractivity contribution in [3.8, 4) is 0 Å². The maximum Gasteiger partial charge on any atom is 0.222 e. The smallest absolute Gasteiger partial charge is 0.222 e. The molecule has 0 fully saturated rings. The van der Waals surface area contributed by atoms with Crippen LogP contribution in [0.4, 0.5) is 0 Å². The minimum absolute atomic E-state index is 0.347. The Kier molecular flexibility index (Phi) is 1.65. The van der Waals surface area contributed by atoms with Crippen LogP contribution in [0.2, 0.25) is 0 Å². The lowest BCUT2D eigenvalue weighted by Gasteiger charge is -1.90. The molecule has 0 bridgehead atoms. The van der Waals surface area contributed by atoms with E-state index < -0.39 is 0 Å². The summed E-state index contributed by atoms with van der Waals surface area (Å²) in [5, 5.41) is 1.09. The molecule has 12 heavy (non-hydrogen) atoms. The summed E-state index contributed by atoms with van der Waals surface area (Å²) in [5.74, 6) is 0. The monoisotopic (exact) mass is 178 g/mol. The predicted octanol–water partition coefficient (Wildman–Crippen LogP) is -0.423. The van der Waals surface area contributed by atoms with Gasteiger partial charge in [0, 0.05) is 0 Å². The Labute approximate surface area is 74.1 Å². The molecule has 2 heterocycles. The van der Waals surface area contributed by atoms with Gasteiger partial charge in [-0.05, 0) is 18.6 Å². The SMILES string of the molecule is CCc1ncnc2c1=NC(=S)N=2. The highest BCUT2D eigenvalue weighted by Gasteiger charge is 2.06. The number of nitrogens with zero attached hydrogens (tertiary/aromatic N) is 4. The second kappa shape index (κ2) is 2.67. The molecule has 1 aliphatic heterocycles. The van der Waals surface area contributed by atoms with Gasteiger partial charge in [0.2, 0.25) is 5.11 Å². The molecule has 4 nitrogen and oxygen atoms in total. The standard InChI is InChI=1S/C7H6N4S/c1-2-4-5-6(9-3-8-4)11-7(12)10-5/h3H,2H2,1H3. The summed E-state index contributed by atoms with van der Waals surface area (Å²) < 4.78 is 0. The van der Waals surface area contributed by atoms with Crippen molar-refractivity contribution in [1.29, 1.82) is 0 Å². The predicted molar refractivity (Wildman–Crippen MR) is 46.3 cm³/mol. The van der Waals surface area contributed by atoms with Crippen LogP contribution in [0.3, 0.4) is 0 Å². The third-order valence-corrected chi connectivity index (χ3v) is 1.81. The summed E-state index contributed by atoms with van der Waals surface area (Å²) in [7, 11) is 0. The number of hydrogen-bond acceptors (Lipinski definition) is 3. The summed E-state index contributed by atoms with van der Waals surface area (Å²) in [4.78, 5) is 16.1. The van der Waals surface area contributed by atoms with E-state index in [1.54, 1.807) is 0 Å². The van der Waals surface area contributed by atoms with E-state index in [-0.39, 0.29) is 0 Å². The van der Waals surface area contributed by atoms with Crippen molar-refractivity contribution in [2.75, 3.05) is 0 Å². The summed E-state index contributed by atoms with van der Waals surface area (Å²) in [6.45, 7) is 2.01. The molecule has 0 saturated carbocycles. The van der Waals surface area contributed by atoms with E-state index in [0.717, 1.165) is 17.5 Å². The van der Waals surface area contributed by atoms with Gasteiger partial charge in [-0.2, -0.15) is 4.99 Å². The van der Waals surface area contributed by atoms with Crippen LogP contribution >= 0.6 is 12.2 Å². The second-order valence-electron chi connectivity index (χ2n) is 2.35. The highest BCUT2D eigenvalue weighted by Crippen LogP contribution is 1.87. The highest BCUT2D eigenvalue weighted by atomic mass is 32.1. The zero-order chi connectivity index (χ0) is 8.55. The van der Waals surface area contributed by atoms with E-state index in [2.05, 4.69) is 20.0 Å². The Balaban J connectivity index is 2.84. The molecule has 60 valence electrons. The molecule has 1 aliphatic rings. The van der Waals surface area contributed by atoms with E-state index in [4.69, 9.17) is 12.2 Å². The van der Waals surface area contributed by atoms with E-state index in [1.807, 2.05) is 6.92 Å². The van der Waals surface area contributed by atoms with E-state index in [0.29, 0.717) is 10.6 Å². The Morgan fingerprint density at radius 3 is 2.92 bits per heavy atom. The average molecular weight is 178 g/mol. The van der Waals surface area contributed by atoms with Crippen molar-refractivity contribution in [3.05, 3.63) is 22.9 Å². The fraction of sp³-hybridized carbons (Fsp3) is 0.286. The molecule has 0 atom stereocenters. The zero-order valence-corrected chi connectivity index (χ0v) is 7.30. The molecule has 1 aromatic heterocycles. The molecule has 5 heteroatoms. The maximum absolute atomic E-state index is 4.83. The molecule has 0 N–H and O–H groups in total. The number of fused-ring (bicyclic) bond motifs is 1. The van der Waals surface area contributed by atoms with Crippen molar-refractivity contribution in [2.45, 2.75) is 13.3 Å². The summed E-state index contributed by atoms with van der Waals surface area (Å²) in [6, 6.07) is 0. The van der Waals surface area contributed by atoms with Gasteiger partial charge in [0.15, 0.2) is 5.49 Å². The molecule has 0 amide bonds. The largest absolute Gasteiger partial charge is 0.239 e. The van der Waals surface area contributed by atoms with Crippen molar-refractivity contribution >= 4 is 17.3 Å². The lowest BCUT2D eigenvalue weighted by Crippen LogP contribution is -2.30. The minimum atomic E-state index is 0.347. The van der Waals surface area contributed by atoms with E-state index in [9.17, 15) is 0 Å². The lowest BCUT2D eigenvalue weighted by molar-refractivity contribution is 0.935. The van der Waals surface area contributed by atoms with Gasteiger partial charge in [-0.1, -0.05) is 6.92 Å². The van der Waals surface area contributed by atoms with Gasteiger partial charge >= 0.3 is 0 Å². The second-order valence-corrected chi connectivity index (χ2v) is 2.72. The molecular formula is C7H6N4S. The molecule has 0 radical (unpaired) electrons. The van der Waals surface area contributed by atoms with Crippen LogP contribution in [0.25, 0.3) is 0 Å². The number of rotatable bonds is 1. The van der Waals surface area contributed by atoms with Crippen LogP contribution in [0.1, 0.15) is 12.6 Å². The molecule has 0 spiro atoms. The van der Waals surface area contributed by atoms with Crippen molar-refractivity contribution in [1.82, 2.24) is 9.97 Å². The van der Waals surface area contributed by atoms with Crippen LogP contribution in [-0.4, -0.2) is 15.1 Å². The van der Waals surface area contributed by atoms with Gasteiger partial charge in [0.25, 0.3) is 0 Å². The van der Waals surface area contributed by atoms with Crippen molar-refractivity contribution < 1.29 is 0 Å². The van der Waals surface area contributed by atoms with Gasteiger partial charge in [-0.3, -0.25) is 0 Å². The summed E-state index contributed by atoms with van der Waals surface area (Å²) in [5.41, 5.74) is 1.51. The fourth-order valence-corrected chi connectivity index (χ4v) is 1.25. The van der Waals surface area contributed by atoms with Crippen LogP contribution in [0, 0.1) is 0 Å². The first-order valence-corrected chi connectivity index (χ1v) is 4.03. The number of aryl methyl sites for hydroxylation is 1. The Morgan fingerprint density at radius 2 is 2.17 bits per heavy atom. The molecule has 2 rings (SSSR count). The quantitative estimate of drug-likeness (QED) is 0.549. The Bertz CT molecular complexity index is 451. The van der Waals surface area contributed by atoms with Gasteiger partial charge in [-0.25, -0.2) is 15.0 Å². The van der Waals surface area contributed by atoms with Crippen LogP contribution in [0.5, 0.6) is 0 Å². The molecule has 0 aromatic carbocycles. The molecule has 0 aliphatic carbocycles. The Morgan fingerprint density at radius 1 is 1.33 bits per heavy atom. The number of thiocarbonyl (C=S) groups is 1. The van der Waals surface area contributed by atoms with Crippen LogP contribution in [0.15, 0.2) is 16.3 Å². The molecular weight excluding hydrogens is 172 g/mol. The molecule has 0 unspecified atom stereocenters.